The number of furan rings is 1. The lowest BCUT2D eigenvalue weighted by atomic mass is 9.80. The molecule has 5 rings (SSSR count). The van der Waals surface area contributed by atoms with Crippen molar-refractivity contribution in [1.29, 1.82) is 0 Å². The zero-order chi connectivity index (χ0) is 17.2. The topological polar surface area (TPSA) is 13.1 Å². The molecule has 0 aliphatic heterocycles. The first-order valence-corrected chi connectivity index (χ1v) is 9.19. The van der Waals surface area contributed by atoms with Crippen LogP contribution in [0.3, 0.4) is 0 Å². The van der Waals surface area contributed by atoms with Gasteiger partial charge in [0.15, 0.2) is 0 Å². The molecule has 2 aromatic carbocycles. The number of allylic oxidation sites excluding steroid dienone is 1. The van der Waals surface area contributed by atoms with Gasteiger partial charge in [-0.25, -0.2) is 0 Å². The summed E-state index contributed by atoms with van der Waals surface area (Å²) in [5.74, 6) is 0. The van der Waals surface area contributed by atoms with Crippen LogP contribution in [-0.4, -0.2) is 0 Å². The lowest BCUT2D eigenvalue weighted by Crippen LogP contribution is -2.09. The highest BCUT2D eigenvalue weighted by Crippen LogP contribution is 2.39. The fourth-order valence-electron chi connectivity index (χ4n) is 3.75. The van der Waals surface area contributed by atoms with E-state index in [4.69, 9.17) is 16.0 Å². The van der Waals surface area contributed by atoms with Crippen LogP contribution in [0.15, 0.2) is 59.4 Å². The summed E-state index contributed by atoms with van der Waals surface area (Å²) >= 11 is 6.18. The molecule has 1 heterocycles. The second-order valence-corrected chi connectivity index (χ2v) is 7.14. The number of benzene rings is 2. The summed E-state index contributed by atoms with van der Waals surface area (Å²) in [6.45, 7) is 1.99. The number of fused-ring (bicyclic) bond motifs is 5. The van der Waals surface area contributed by atoms with Gasteiger partial charge in [0.25, 0.3) is 0 Å². The normalized spacial score (nSPS) is 14.0. The maximum atomic E-state index is 6.18. The van der Waals surface area contributed by atoms with Crippen LogP contribution in [0.2, 0.25) is 5.02 Å². The Kier molecular flexibility index (Phi) is 4.50. The van der Waals surface area contributed by atoms with E-state index in [1.165, 1.54) is 47.1 Å². The molecule has 2 heteroatoms. The quantitative estimate of drug-likeness (QED) is 0.443. The van der Waals surface area contributed by atoms with Crippen LogP contribution >= 0.6 is 11.6 Å². The van der Waals surface area contributed by atoms with Crippen LogP contribution in [0.1, 0.15) is 34.2 Å². The van der Waals surface area contributed by atoms with Crippen molar-refractivity contribution >= 4 is 17.7 Å². The molecule has 1 aromatic heterocycles. The molecule has 0 atom stereocenters. The molecule has 3 aromatic rings. The molecule has 126 valence electrons. The van der Waals surface area contributed by atoms with Gasteiger partial charge in [0, 0.05) is 5.02 Å². The average Bonchev–Trinajstić information content (AvgIpc) is 3.12. The lowest BCUT2D eigenvalue weighted by Gasteiger charge is -2.25. The Morgan fingerprint density at radius 2 is 1.84 bits per heavy atom. The van der Waals surface area contributed by atoms with Gasteiger partial charge in [0.1, 0.15) is 0 Å². The predicted octanol–water partition coefficient (Wildman–Crippen LogP) is 6.65. The van der Waals surface area contributed by atoms with Gasteiger partial charge >= 0.3 is 0 Å². The molecule has 0 spiro atoms. The number of halogens is 1. The highest BCUT2D eigenvalue weighted by molar-refractivity contribution is 6.30. The molecule has 0 saturated carbocycles. The summed E-state index contributed by atoms with van der Waals surface area (Å²) in [7, 11) is 0. The van der Waals surface area contributed by atoms with E-state index in [-0.39, 0.29) is 0 Å². The molecule has 1 nitrogen and oxygen atoms in total. The minimum Gasteiger partial charge on any atom is -0.472 e. The molecule has 0 N–H and O–H groups in total. The van der Waals surface area contributed by atoms with Crippen LogP contribution in [0.4, 0.5) is 0 Å². The molecule has 0 amide bonds. The fourth-order valence-corrected chi connectivity index (χ4v) is 3.92. The Labute approximate surface area is 154 Å². The Morgan fingerprint density at radius 3 is 2.60 bits per heavy atom. The Hall–Kier alpha value is -2.25. The average molecular weight is 349 g/mol. The standard InChI is InChI=1S/C18H15Cl.C5H6O/c19-14-8-5-13-7-9-16-15-4-2-1-3-12(15)6-10-17(16)18(13)11-14;1-5-2-3-6-4-5/h1,3,5-6,8,10-11H,2,4,7,9H2;2-4H,1H3. The van der Waals surface area contributed by atoms with Gasteiger partial charge in [-0.05, 0) is 89.8 Å². The first-order chi connectivity index (χ1) is 12.2. The van der Waals surface area contributed by atoms with E-state index in [2.05, 4.69) is 36.4 Å². The maximum absolute atomic E-state index is 6.18. The Morgan fingerprint density at radius 1 is 0.920 bits per heavy atom. The third-order valence-electron chi connectivity index (χ3n) is 5.00. The van der Waals surface area contributed by atoms with Crippen molar-refractivity contribution in [3.8, 4) is 11.1 Å². The molecule has 0 fully saturated rings. The van der Waals surface area contributed by atoms with Crippen LogP contribution in [0.25, 0.3) is 17.2 Å². The minimum atomic E-state index is 0.837. The van der Waals surface area contributed by atoms with E-state index < -0.39 is 0 Å². The molecule has 0 bridgehead atoms. The molecular formula is C23H21ClO. The van der Waals surface area contributed by atoms with E-state index in [0.29, 0.717) is 0 Å². The van der Waals surface area contributed by atoms with Gasteiger partial charge in [-0.2, -0.15) is 0 Å². The molecular weight excluding hydrogens is 328 g/mol. The highest BCUT2D eigenvalue weighted by atomic mass is 35.5. The van der Waals surface area contributed by atoms with Crippen molar-refractivity contribution in [2.75, 3.05) is 0 Å². The van der Waals surface area contributed by atoms with Crippen LogP contribution in [0.5, 0.6) is 0 Å². The van der Waals surface area contributed by atoms with E-state index >= 15 is 0 Å². The molecule has 0 unspecified atom stereocenters. The summed E-state index contributed by atoms with van der Waals surface area (Å²) in [6, 6.07) is 12.8. The van der Waals surface area contributed by atoms with Crippen molar-refractivity contribution < 1.29 is 4.42 Å². The number of rotatable bonds is 0. The van der Waals surface area contributed by atoms with E-state index in [1.54, 1.807) is 23.7 Å². The third-order valence-corrected chi connectivity index (χ3v) is 5.23. The predicted molar refractivity (Wildman–Crippen MR) is 105 cm³/mol. The lowest BCUT2D eigenvalue weighted by molar-refractivity contribution is 0.565. The number of hydrogen-bond donors (Lipinski definition) is 0. The number of hydrogen-bond acceptors (Lipinski definition) is 1. The fraction of sp³-hybridized carbons (Fsp3) is 0.217. The first-order valence-electron chi connectivity index (χ1n) is 8.81. The van der Waals surface area contributed by atoms with Crippen LogP contribution < -0.4 is 0 Å². The third kappa shape index (κ3) is 3.29. The maximum Gasteiger partial charge on any atom is 0.0931 e. The SMILES string of the molecule is Cc1ccoc1.Clc1ccc2c(c1)-c1ccc3c(c1CC2)CCC=C3. The minimum absolute atomic E-state index is 0.837. The van der Waals surface area contributed by atoms with Crippen molar-refractivity contribution in [2.45, 2.75) is 32.6 Å². The first kappa shape index (κ1) is 16.2. The summed E-state index contributed by atoms with van der Waals surface area (Å²) in [5, 5.41) is 0.837. The summed E-state index contributed by atoms with van der Waals surface area (Å²) in [6.07, 6.45) is 12.6. The second kappa shape index (κ2) is 6.93. The summed E-state index contributed by atoms with van der Waals surface area (Å²) < 4.78 is 4.71. The van der Waals surface area contributed by atoms with Gasteiger partial charge < -0.3 is 4.42 Å². The summed E-state index contributed by atoms with van der Waals surface area (Å²) in [5.41, 5.74) is 9.87. The Bertz CT molecular complexity index is 920. The highest BCUT2D eigenvalue weighted by Gasteiger charge is 2.20. The van der Waals surface area contributed by atoms with Gasteiger partial charge in [-0.15, -0.1) is 0 Å². The van der Waals surface area contributed by atoms with Gasteiger partial charge in [-0.3, -0.25) is 0 Å². The zero-order valence-electron chi connectivity index (χ0n) is 14.4. The van der Waals surface area contributed by atoms with Crippen molar-refractivity contribution in [2.24, 2.45) is 0 Å². The van der Waals surface area contributed by atoms with E-state index in [9.17, 15) is 0 Å². The molecule has 25 heavy (non-hydrogen) atoms. The van der Waals surface area contributed by atoms with Crippen molar-refractivity contribution in [3.63, 3.8) is 0 Å². The Balaban J connectivity index is 0.000000223. The molecule has 2 aliphatic rings. The van der Waals surface area contributed by atoms with Gasteiger partial charge in [0.05, 0.1) is 12.5 Å². The van der Waals surface area contributed by atoms with Crippen LogP contribution in [-0.2, 0) is 19.3 Å². The van der Waals surface area contributed by atoms with Gasteiger partial charge in [-0.1, -0.05) is 42.0 Å². The summed E-state index contributed by atoms with van der Waals surface area (Å²) in [4.78, 5) is 0. The monoisotopic (exact) mass is 348 g/mol. The van der Waals surface area contributed by atoms with Gasteiger partial charge in [0.2, 0.25) is 0 Å². The van der Waals surface area contributed by atoms with E-state index in [1.807, 2.05) is 19.1 Å². The molecule has 0 saturated heterocycles. The molecule has 2 aliphatic carbocycles. The van der Waals surface area contributed by atoms with Crippen molar-refractivity contribution in [3.05, 3.63) is 87.8 Å². The smallest absolute Gasteiger partial charge is 0.0931 e. The van der Waals surface area contributed by atoms with Crippen LogP contribution in [0, 0.1) is 6.92 Å². The number of aryl methyl sites for hydroxylation is 2. The largest absolute Gasteiger partial charge is 0.472 e. The van der Waals surface area contributed by atoms with E-state index in [0.717, 1.165) is 11.4 Å². The van der Waals surface area contributed by atoms with Crippen molar-refractivity contribution in [1.82, 2.24) is 0 Å². The zero-order valence-corrected chi connectivity index (χ0v) is 15.1. The second-order valence-electron chi connectivity index (χ2n) is 6.70. The molecule has 0 radical (unpaired) electrons.